The Bertz CT molecular complexity index is 353. The molecule has 0 saturated carbocycles. The molecule has 1 fully saturated rings. The molecule has 1 aliphatic heterocycles. The van der Waals surface area contributed by atoms with Crippen LogP contribution in [0.2, 0.25) is 0 Å². The molecule has 0 radical (unpaired) electrons. The number of hydrogen-bond acceptors (Lipinski definition) is 4. The van der Waals surface area contributed by atoms with Gasteiger partial charge in [0, 0.05) is 26.2 Å². The molecule has 1 aromatic heterocycles. The third-order valence-electron chi connectivity index (χ3n) is 3.47. The van der Waals surface area contributed by atoms with Crippen molar-refractivity contribution in [1.29, 1.82) is 0 Å². The van der Waals surface area contributed by atoms with Gasteiger partial charge in [-0.2, -0.15) is 0 Å². The van der Waals surface area contributed by atoms with Gasteiger partial charge in [0.1, 0.15) is 5.75 Å². The molecule has 2 rings (SSSR count). The first kappa shape index (κ1) is 12.3. The lowest BCUT2D eigenvalue weighted by atomic mass is 10.0. The van der Waals surface area contributed by atoms with Crippen LogP contribution in [0.25, 0.3) is 0 Å². The van der Waals surface area contributed by atoms with Gasteiger partial charge in [-0.15, -0.1) is 0 Å². The van der Waals surface area contributed by atoms with Crippen LogP contribution in [-0.4, -0.2) is 40.8 Å². The summed E-state index contributed by atoms with van der Waals surface area (Å²) in [6.07, 6.45) is 4.06. The molecule has 0 spiro atoms. The maximum atomic E-state index is 9.19. The molecule has 1 aromatic rings. The summed E-state index contributed by atoms with van der Waals surface area (Å²) in [6.45, 7) is 4.12. The Labute approximate surface area is 102 Å². The Morgan fingerprint density at radius 2 is 2.35 bits per heavy atom. The zero-order valence-electron chi connectivity index (χ0n) is 10.5. The fourth-order valence-electron chi connectivity index (χ4n) is 2.34. The number of hydrogen-bond donors (Lipinski definition) is 1. The van der Waals surface area contributed by atoms with Crippen molar-refractivity contribution in [3.63, 3.8) is 0 Å². The molecule has 17 heavy (non-hydrogen) atoms. The topological polar surface area (TPSA) is 45.6 Å². The molecule has 4 heteroatoms. The van der Waals surface area contributed by atoms with E-state index in [4.69, 9.17) is 4.74 Å². The standard InChI is InChI=1S/C13H20N2O2/c1-10-7-13(17-2)5-6-15(10)9-11-3-4-12(16)8-14-11/h3-4,8,10,13,16H,5-7,9H2,1-2H3. The Balaban J connectivity index is 1.93. The van der Waals surface area contributed by atoms with Crippen LogP contribution in [0.1, 0.15) is 25.5 Å². The highest BCUT2D eigenvalue weighted by Gasteiger charge is 2.25. The highest BCUT2D eigenvalue weighted by molar-refractivity contribution is 5.17. The highest BCUT2D eigenvalue weighted by Crippen LogP contribution is 2.21. The summed E-state index contributed by atoms with van der Waals surface area (Å²) in [7, 11) is 1.79. The first-order chi connectivity index (χ1) is 8.19. The number of aromatic nitrogens is 1. The molecule has 0 aliphatic carbocycles. The summed E-state index contributed by atoms with van der Waals surface area (Å²) >= 11 is 0. The van der Waals surface area contributed by atoms with Crippen LogP contribution in [0.3, 0.4) is 0 Å². The lowest BCUT2D eigenvalue weighted by Gasteiger charge is -2.36. The van der Waals surface area contributed by atoms with Crippen molar-refractivity contribution < 1.29 is 9.84 Å². The van der Waals surface area contributed by atoms with Gasteiger partial charge in [-0.1, -0.05) is 0 Å². The number of likely N-dealkylation sites (tertiary alicyclic amines) is 1. The van der Waals surface area contributed by atoms with Crippen LogP contribution in [0, 0.1) is 0 Å². The van der Waals surface area contributed by atoms with Gasteiger partial charge in [0.15, 0.2) is 0 Å². The quantitative estimate of drug-likeness (QED) is 0.869. The molecule has 0 amide bonds. The first-order valence-electron chi connectivity index (χ1n) is 6.10. The van der Waals surface area contributed by atoms with Crippen LogP contribution in [0.5, 0.6) is 5.75 Å². The molecular weight excluding hydrogens is 216 g/mol. The minimum Gasteiger partial charge on any atom is -0.506 e. The van der Waals surface area contributed by atoms with E-state index >= 15 is 0 Å². The number of rotatable bonds is 3. The Hall–Kier alpha value is -1.13. The molecule has 2 unspecified atom stereocenters. The van der Waals surface area contributed by atoms with Gasteiger partial charge in [-0.25, -0.2) is 0 Å². The molecule has 94 valence electrons. The van der Waals surface area contributed by atoms with Crippen LogP contribution in [0.15, 0.2) is 18.3 Å². The average Bonchev–Trinajstić information content (AvgIpc) is 2.34. The highest BCUT2D eigenvalue weighted by atomic mass is 16.5. The van der Waals surface area contributed by atoms with Gasteiger partial charge in [0.05, 0.1) is 18.0 Å². The van der Waals surface area contributed by atoms with E-state index in [1.165, 1.54) is 6.20 Å². The molecule has 4 nitrogen and oxygen atoms in total. The van der Waals surface area contributed by atoms with E-state index in [0.717, 1.165) is 31.6 Å². The monoisotopic (exact) mass is 236 g/mol. The van der Waals surface area contributed by atoms with E-state index in [2.05, 4.69) is 16.8 Å². The van der Waals surface area contributed by atoms with E-state index in [9.17, 15) is 5.11 Å². The van der Waals surface area contributed by atoms with Gasteiger partial charge in [-0.3, -0.25) is 9.88 Å². The van der Waals surface area contributed by atoms with Gasteiger partial charge in [0.2, 0.25) is 0 Å². The number of ether oxygens (including phenoxy) is 1. The summed E-state index contributed by atoms with van der Waals surface area (Å²) in [4.78, 5) is 6.63. The van der Waals surface area contributed by atoms with Crippen molar-refractivity contribution in [2.45, 2.75) is 38.5 Å². The summed E-state index contributed by atoms with van der Waals surface area (Å²) < 4.78 is 5.40. The lowest BCUT2D eigenvalue weighted by Crippen LogP contribution is -2.42. The third-order valence-corrected chi connectivity index (χ3v) is 3.47. The zero-order valence-corrected chi connectivity index (χ0v) is 10.5. The number of piperidine rings is 1. The van der Waals surface area contributed by atoms with Gasteiger partial charge in [-0.05, 0) is 31.9 Å². The van der Waals surface area contributed by atoms with E-state index < -0.39 is 0 Å². The van der Waals surface area contributed by atoms with Crippen LogP contribution >= 0.6 is 0 Å². The number of aromatic hydroxyl groups is 1. The third kappa shape index (κ3) is 3.17. The second kappa shape index (κ2) is 5.47. The van der Waals surface area contributed by atoms with Crippen molar-refractivity contribution >= 4 is 0 Å². The predicted molar refractivity (Wildman–Crippen MR) is 65.8 cm³/mol. The van der Waals surface area contributed by atoms with Crippen molar-refractivity contribution in [2.75, 3.05) is 13.7 Å². The largest absolute Gasteiger partial charge is 0.506 e. The normalized spacial score (nSPS) is 26.0. The lowest BCUT2D eigenvalue weighted by molar-refractivity contribution is 0.0125. The summed E-state index contributed by atoms with van der Waals surface area (Å²) in [5, 5.41) is 9.19. The van der Waals surface area contributed by atoms with Gasteiger partial charge in [0.25, 0.3) is 0 Å². The Morgan fingerprint density at radius 3 is 2.94 bits per heavy atom. The molecule has 0 aromatic carbocycles. The van der Waals surface area contributed by atoms with Crippen LogP contribution in [-0.2, 0) is 11.3 Å². The van der Waals surface area contributed by atoms with Crippen molar-refractivity contribution in [3.05, 3.63) is 24.0 Å². The minimum atomic E-state index is 0.222. The van der Waals surface area contributed by atoms with Crippen LogP contribution < -0.4 is 0 Å². The molecule has 0 bridgehead atoms. The van der Waals surface area contributed by atoms with E-state index in [1.807, 2.05) is 6.07 Å². The number of nitrogens with zero attached hydrogens (tertiary/aromatic N) is 2. The second-order valence-electron chi connectivity index (χ2n) is 4.71. The van der Waals surface area contributed by atoms with E-state index in [1.54, 1.807) is 13.2 Å². The summed E-state index contributed by atoms with van der Waals surface area (Å²) in [5.41, 5.74) is 1.01. The van der Waals surface area contributed by atoms with Crippen molar-refractivity contribution in [1.82, 2.24) is 9.88 Å². The van der Waals surface area contributed by atoms with Crippen molar-refractivity contribution in [2.24, 2.45) is 0 Å². The Morgan fingerprint density at radius 1 is 1.53 bits per heavy atom. The summed E-state index contributed by atoms with van der Waals surface area (Å²) in [5.74, 6) is 0.222. The number of pyridine rings is 1. The molecular formula is C13H20N2O2. The number of methoxy groups -OCH3 is 1. The fourth-order valence-corrected chi connectivity index (χ4v) is 2.34. The molecule has 1 aliphatic rings. The van der Waals surface area contributed by atoms with E-state index in [-0.39, 0.29) is 5.75 Å². The fraction of sp³-hybridized carbons (Fsp3) is 0.615. The van der Waals surface area contributed by atoms with Gasteiger partial charge >= 0.3 is 0 Å². The predicted octanol–water partition coefficient (Wildman–Crippen LogP) is 1.79. The molecule has 2 heterocycles. The molecule has 2 atom stereocenters. The molecule has 1 saturated heterocycles. The second-order valence-corrected chi connectivity index (χ2v) is 4.71. The maximum Gasteiger partial charge on any atom is 0.133 e. The van der Waals surface area contributed by atoms with Gasteiger partial charge < -0.3 is 9.84 Å². The average molecular weight is 236 g/mol. The smallest absolute Gasteiger partial charge is 0.133 e. The van der Waals surface area contributed by atoms with Crippen molar-refractivity contribution in [3.8, 4) is 5.75 Å². The van der Waals surface area contributed by atoms with Crippen LogP contribution in [0.4, 0.5) is 0 Å². The minimum absolute atomic E-state index is 0.222. The summed E-state index contributed by atoms with van der Waals surface area (Å²) in [6, 6.07) is 4.09. The Kier molecular flexibility index (Phi) is 3.97. The van der Waals surface area contributed by atoms with E-state index in [0.29, 0.717) is 12.1 Å². The molecule has 1 N–H and O–H groups in total. The maximum absolute atomic E-state index is 9.19. The zero-order chi connectivity index (χ0) is 12.3. The first-order valence-corrected chi connectivity index (χ1v) is 6.10. The SMILES string of the molecule is COC1CCN(Cc2ccc(O)cn2)C(C)C1.